The number of aromatic nitrogens is 2. The van der Waals surface area contributed by atoms with E-state index in [1.54, 1.807) is 0 Å². The van der Waals surface area contributed by atoms with Crippen molar-refractivity contribution in [3.8, 4) is 0 Å². The fourth-order valence-electron chi connectivity index (χ4n) is 2.55. The molecule has 0 saturated carbocycles. The highest BCUT2D eigenvalue weighted by Gasteiger charge is 2.10. The van der Waals surface area contributed by atoms with Gasteiger partial charge in [-0.25, -0.2) is 4.98 Å². The van der Waals surface area contributed by atoms with Crippen LogP contribution in [-0.2, 0) is 13.6 Å². The van der Waals surface area contributed by atoms with E-state index in [4.69, 9.17) is 4.98 Å². The number of rotatable bonds is 7. The highest BCUT2D eigenvalue weighted by molar-refractivity contribution is 5.75. The summed E-state index contributed by atoms with van der Waals surface area (Å²) in [5.41, 5.74) is 2.27. The lowest BCUT2D eigenvalue weighted by atomic mass is 10.3. The van der Waals surface area contributed by atoms with Crippen molar-refractivity contribution in [3.63, 3.8) is 0 Å². The van der Waals surface area contributed by atoms with Gasteiger partial charge < -0.3 is 14.8 Å². The van der Waals surface area contributed by atoms with E-state index in [1.165, 1.54) is 5.52 Å². The van der Waals surface area contributed by atoms with Gasteiger partial charge in [-0.1, -0.05) is 26.0 Å². The second-order valence-electron chi connectivity index (χ2n) is 5.34. The molecular weight excluding hydrogens is 248 g/mol. The topological polar surface area (TPSA) is 33.1 Å². The number of nitrogens with one attached hydrogen (secondary N) is 1. The van der Waals surface area contributed by atoms with Gasteiger partial charge in [-0.2, -0.15) is 0 Å². The molecule has 4 nitrogen and oxygen atoms in total. The van der Waals surface area contributed by atoms with Gasteiger partial charge in [0.25, 0.3) is 0 Å². The van der Waals surface area contributed by atoms with Crippen molar-refractivity contribution in [2.75, 3.05) is 19.6 Å². The third-order valence-corrected chi connectivity index (χ3v) is 3.91. The molecule has 1 atom stereocenters. The van der Waals surface area contributed by atoms with Crippen LogP contribution in [0.4, 0.5) is 0 Å². The van der Waals surface area contributed by atoms with E-state index < -0.39 is 0 Å². The molecule has 4 heteroatoms. The van der Waals surface area contributed by atoms with Gasteiger partial charge in [0.05, 0.1) is 17.6 Å². The van der Waals surface area contributed by atoms with Gasteiger partial charge >= 0.3 is 0 Å². The molecule has 0 spiro atoms. The van der Waals surface area contributed by atoms with E-state index in [9.17, 15) is 0 Å². The second-order valence-corrected chi connectivity index (χ2v) is 5.34. The SMILES string of the molecule is CCN(CC)CC(C)NCc1nc2ccccc2n1C. The molecule has 0 saturated heterocycles. The number of imidazole rings is 1. The standard InChI is InChI=1S/C16H26N4/c1-5-20(6-2)12-13(3)17-11-16-18-14-9-7-8-10-15(14)19(16)4/h7-10,13,17H,5-6,11-12H2,1-4H3. The van der Waals surface area contributed by atoms with Crippen LogP contribution in [0.25, 0.3) is 11.0 Å². The number of aryl methyl sites for hydroxylation is 1. The molecule has 2 aromatic rings. The summed E-state index contributed by atoms with van der Waals surface area (Å²) in [6.45, 7) is 10.8. The number of hydrogen-bond donors (Lipinski definition) is 1. The van der Waals surface area contributed by atoms with Crippen LogP contribution >= 0.6 is 0 Å². The van der Waals surface area contributed by atoms with Gasteiger partial charge in [0, 0.05) is 19.6 Å². The van der Waals surface area contributed by atoms with Crippen LogP contribution in [0.5, 0.6) is 0 Å². The minimum atomic E-state index is 0.467. The summed E-state index contributed by atoms with van der Waals surface area (Å²) in [5.74, 6) is 1.09. The van der Waals surface area contributed by atoms with E-state index in [0.29, 0.717) is 6.04 Å². The number of benzene rings is 1. The number of hydrogen-bond acceptors (Lipinski definition) is 3. The zero-order valence-electron chi connectivity index (χ0n) is 13.1. The normalized spacial score (nSPS) is 13.2. The van der Waals surface area contributed by atoms with Gasteiger partial charge in [-0.3, -0.25) is 0 Å². The molecule has 2 rings (SSSR count). The number of likely N-dealkylation sites (N-methyl/N-ethyl adjacent to an activating group) is 1. The Kier molecular flexibility index (Phi) is 5.15. The highest BCUT2D eigenvalue weighted by Crippen LogP contribution is 2.14. The maximum Gasteiger partial charge on any atom is 0.123 e. The highest BCUT2D eigenvalue weighted by atomic mass is 15.1. The molecule has 0 bridgehead atoms. The number of para-hydroxylation sites is 2. The zero-order valence-corrected chi connectivity index (χ0v) is 13.1. The van der Waals surface area contributed by atoms with Gasteiger partial charge in [0.1, 0.15) is 5.82 Å². The molecule has 0 radical (unpaired) electrons. The van der Waals surface area contributed by atoms with Gasteiger partial charge in [-0.05, 0) is 32.1 Å². The van der Waals surface area contributed by atoms with Crippen LogP contribution < -0.4 is 5.32 Å². The molecule has 1 heterocycles. The van der Waals surface area contributed by atoms with Gasteiger partial charge in [-0.15, -0.1) is 0 Å². The minimum Gasteiger partial charge on any atom is -0.330 e. The molecular formula is C16H26N4. The van der Waals surface area contributed by atoms with Crippen molar-refractivity contribution in [2.45, 2.75) is 33.4 Å². The molecule has 110 valence electrons. The summed E-state index contributed by atoms with van der Waals surface area (Å²) in [5, 5.41) is 3.57. The van der Waals surface area contributed by atoms with Crippen LogP contribution in [0.2, 0.25) is 0 Å². The van der Waals surface area contributed by atoms with Gasteiger partial charge in [0.15, 0.2) is 0 Å². The Morgan fingerprint density at radius 1 is 1.25 bits per heavy atom. The van der Waals surface area contributed by atoms with Crippen molar-refractivity contribution in [2.24, 2.45) is 7.05 Å². The molecule has 0 amide bonds. The molecule has 1 aromatic carbocycles. The molecule has 0 aliphatic heterocycles. The van der Waals surface area contributed by atoms with Crippen LogP contribution in [0.1, 0.15) is 26.6 Å². The lowest BCUT2D eigenvalue weighted by Gasteiger charge is -2.23. The fraction of sp³-hybridized carbons (Fsp3) is 0.562. The molecule has 20 heavy (non-hydrogen) atoms. The minimum absolute atomic E-state index is 0.467. The first kappa shape index (κ1) is 15.0. The summed E-state index contributed by atoms with van der Waals surface area (Å²) in [6.07, 6.45) is 0. The summed E-state index contributed by atoms with van der Waals surface area (Å²) < 4.78 is 2.17. The number of nitrogens with zero attached hydrogens (tertiary/aromatic N) is 3. The molecule has 1 N–H and O–H groups in total. The maximum atomic E-state index is 4.69. The monoisotopic (exact) mass is 274 g/mol. The lowest BCUT2D eigenvalue weighted by Crippen LogP contribution is -2.39. The first-order valence-corrected chi connectivity index (χ1v) is 7.51. The summed E-state index contributed by atoms with van der Waals surface area (Å²) in [7, 11) is 2.08. The third kappa shape index (κ3) is 3.38. The summed E-state index contributed by atoms with van der Waals surface area (Å²) >= 11 is 0. The van der Waals surface area contributed by atoms with E-state index in [-0.39, 0.29) is 0 Å². The maximum absolute atomic E-state index is 4.69. The lowest BCUT2D eigenvalue weighted by molar-refractivity contribution is 0.270. The average Bonchev–Trinajstić information content (AvgIpc) is 2.79. The average molecular weight is 274 g/mol. The first-order chi connectivity index (χ1) is 9.65. The predicted molar refractivity (Wildman–Crippen MR) is 84.8 cm³/mol. The Labute approximate surface area is 121 Å². The fourth-order valence-corrected chi connectivity index (χ4v) is 2.55. The molecule has 1 unspecified atom stereocenters. The summed E-state index contributed by atoms with van der Waals surface area (Å²) in [6, 6.07) is 8.75. The Balaban J connectivity index is 1.97. The van der Waals surface area contributed by atoms with Crippen molar-refractivity contribution in [1.29, 1.82) is 0 Å². The van der Waals surface area contributed by atoms with Crippen LogP contribution in [0, 0.1) is 0 Å². The van der Waals surface area contributed by atoms with E-state index in [1.807, 2.05) is 6.07 Å². The van der Waals surface area contributed by atoms with Gasteiger partial charge in [0.2, 0.25) is 0 Å². The smallest absolute Gasteiger partial charge is 0.123 e. The first-order valence-electron chi connectivity index (χ1n) is 7.51. The van der Waals surface area contributed by atoms with Crippen LogP contribution in [-0.4, -0.2) is 40.1 Å². The quantitative estimate of drug-likeness (QED) is 0.841. The number of fused-ring (bicyclic) bond motifs is 1. The second kappa shape index (κ2) is 6.86. The van der Waals surface area contributed by atoms with Crippen molar-refractivity contribution < 1.29 is 0 Å². The molecule has 0 aliphatic rings. The summed E-state index contributed by atoms with van der Waals surface area (Å²) in [4.78, 5) is 7.13. The predicted octanol–water partition coefficient (Wildman–Crippen LogP) is 2.39. The Hall–Kier alpha value is -1.39. The van der Waals surface area contributed by atoms with Crippen molar-refractivity contribution >= 4 is 11.0 Å². The van der Waals surface area contributed by atoms with Crippen LogP contribution in [0.15, 0.2) is 24.3 Å². The van der Waals surface area contributed by atoms with E-state index in [2.05, 4.69) is 60.8 Å². The molecule has 0 aliphatic carbocycles. The Morgan fingerprint density at radius 2 is 1.95 bits per heavy atom. The van der Waals surface area contributed by atoms with Crippen molar-refractivity contribution in [3.05, 3.63) is 30.1 Å². The molecule has 0 fully saturated rings. The third-order valence-electron chi connectivity index (χ3n) is 3.91. The molecule has 1 aromatic heterocycles. The zero-order chi connectivity index (χ0) is 14.5. The van der Waals surface area contributed by atoms with Crippen molar-refractivity contribution in [1.82, 2.24) is 19.8 Å². The van der Waals surface area contributed by atoms with E-state index in [0.717, 1.165) is 37.5 Å². The Bertz CT molecular complexity index is 542. The Morgan fingerprint density at radius 3 is 2.60 bits per heavy atom. The largest absolute Gasteiger partial charge is 0.330 e. The van der Waals surface area contributed by atoms with E-state index >= 15 is 0 Å². The van der Waals surface area contributed by atoms with Crippen LogP contribution in [0.3, 0.4) is 0 Å².